The van der Waals surface area contributed by atoms with E-state index in [1.807, 2.05) is 4.72 Å². The highest BCUT2D eigenvalue weighted by Crippen LogP contribution is 2.37. The summed E-state index contributed by atoms with van der Waals surface area (Å²) in [6, 6.07) is 10.7. The molecule has 0 spiro atoms. The van der Waals surface area contributed by atoms with E-state index in [1.54, 1.807) is 24.3 Å². The lowest BCUT2D eigenvalue weighted by Crippen LogP contribution is -2.17. The van der Waals surface area contributed by atoms with E-state index < -0.39 is 38.2 Å². The number of rotatable bonds is 1. The molecule has 1 N–H and O–H groups in total. The van der Waals surface area contributed by atoms with Crippen molar-refractivity contribution in [3.05, 3.63) is 70.8 Å². The van der Waals surface area contributed by atoms with Gasteiger partial charge in [0.1, 0.15) is 23.9 Å². The lowest BCUT2D eigenvalue weighted by molar-refractivity contribution is 0.0450. The number of fused-ring (bicyclic) bond motifs is 6. The molecule has 0 saturated heterocycles. The maximum absolute atomic E-state index is 14.6. The molecule has 1 heterocycles. The van der Waals surface area contributed by atoms with E-state index in [2.05, 4.69) is 0 Å². The molecule has 1 aliphatic rings. The first-order chi connectivity index (χ1) is 15.7. The van der Waals surface area contributed by atoms with Gasteiger partial charge in [0.05, 0.1) is 23.4 Å². The van der Waals surface area contributed by atoms with Crippen LogP contribution in [0, 0.1) is 11.6 Å². The third-order valence-electron chi connectivity index (χ3n) is 4.78. The smallest absolute Gasteiger partial charge is 0.338 e. The maximum atomic E-state index is 14.6. The fourth-order valence-corrected chi connectivity index (χ4v) is 4.92. The van der Waals surface area contributed by atoms with E-state index in [0.717, 1.165) is 18.2 Å². The van der Waals surface area contributed by atoms with Crippen molar-refractivity contribution >= 4 is 33.3 Å². The molecule has 0 aliphatic carbocycles. The van der Waals surface area contributed by atoms with E-state index in [1.165, 1.54) is 13.2 Å². The van der Waals surface area contributed by atoms with Crippen LogP contribution in [0.2, 0.25) is 5.02 Å². The molecular formula is C22H16ClF2NO6S. The van der Waals surface area contributed by atoms with Gasteiger partial charge < -0.3 is 14.2 Å². The largest absolute Gasteiger partial charge is 0.494 e. The monoisotopic (exact) mass is 495 g/mol. The van der Waals surface area contributed by atoms with Crippen molar-refractivity contribution in [1.29, 1.82) is 0 Å². The van der Waals surface area contributed by atoms with Crippen LogP contribution < -0.4 is 14.2 Å². The van der Waals surface area contributed by atoms with Crippen molar-refractivity contribution in [2.45, 2.75) is 4.90 Å². The van der Waals surface area contributed by atoms with E-state index in [-0.39, 0.29) is 35.1 Å². The van der Waals surface area contributed by atoms with Gasteiger partial charge in [-0.25, -0.2) is 22.0 Å². The van der Waals surface area contributed by atoms with Gasteiger partial charge in [-0.2, -0.15) is 0 Å². The zero-order valence-electron chi connectivity index (χ0n) is 17.0. The number of para-hydroxylation sites is 1. The molecule has 0 atom stereocenters. The van der Waals surface area contributed by atoms with Gasteiger partial charge in [-0.05, 0) is 35.9 Å². The van der Waals surface area contributed by atoms with Crippen LogP contribution in [0.1, 0.15) is 10.4 Å². The van der Waals surface area contributed by atoms with Gasteiger partial charge in [0.15, 0.2) is 17.4 Å². The number of carbonyl (C=O) groups is 1. The van der Waals surface area contributed by atoms with Gasteiger partial charge in [0.25, 0.3) is 10.0 Å². The molecule has 33 heavy (non-hydrogen) atoms. The fourth-order valence-electron chi connectivity index (χ4n) is 3.30. The predicted octanol–water partition coefficient (Wildman–Crippen LogP) is 4.64. The van der Waals surface area contributed by atoms with E-state index in [4.69, 9.17) is 25.8 Å². The molecule has 4 rings (SSSR count). The van der Waals surface area contributed by atoms with Crippen molar-refractivity contribution in [2.24, 2.45) is 0 Å². The minimum absolute atomic E-state index is 0.0490. The van der Waals surface area contributed by atoms with Crippen molar-refractivity contribution in [1.82, 2.24) is 0 Å². The lowest BCUT2D eigenvalue weighted by Gasteiger charge is -2.15. The van der Waals surface area contributed by atoms with Crippen LogP contribution in [-0.4, -0.2) is 34.7 Å². The summed E-state index contributed by atoms with van der Waals surface area (Å²) < 4.78 is 73.3. The average Bonchev–Trinajstić information content (AvgIpc) is 2.78. The van der Waals surface area contributed by atoms with Crippen molar-refractivity contribution in [2.75, 3.05) is 25.0 Å². The summed E-state index contributed by atoms with van der Waals surface area (Å²) >= 11 is 6.12. The molecule has 3 aromatic rings. The first-order valence-electron chi connectivity index (χ1n) is 9.50. The summed E-state index contributed by atoms with van der Waals surface area (Å²) in [5.74, 6) is -3.53. The zero-order chi connectivity index (χ0) is 23.8. The third-order valence-corrected chi connectivity index (χ3v) is 6.44. The first kappa shape index (κ1) is 22.8. The van der Waals surface area contributed by atoms with Gasteiger partial charge >= 0.3 is 5.97 Å². The van der Waals surface area contributed by atoms with Crippen LogP contribution in [0.3, 0.4) is 0 Å². The number of sulfonamides is 1. The van der Waals surface area contributed by atoms with Crippen LogP contribution in [0.15, 0.2) is 53.4 Å². The lowest BCUT2D eigenvalue weighted by atomic mass is 10.0. The Balaban J connectivity index is 1.95. The molecule has 0 radical (unpaired) electrons. The predicted molar refractivity (Wildman–Crippen MR) is 116 cm³/mol. The molecule has 0 aromatic heterocycles. The number of cyclic esters (lactones) is 1. The molecular weight excluding hydrogens is 480 g/mol. The summed E-state index contributed by atoms with van der Waals surface area (Å²) in [7, 11) is -3.41. The molecule has 0 fully saturated rings. The number of carbonyl (C=O) groups excluding carboxylic acids is 1. The summed E-state index contributed by atoms with van der Waals surface area (Å²) in [6.07, 6.45) is 0. The molecule has 0 amide bonds. The average molecular weight is 496 g/mol. The number of halogens is 3. The third kappa shape index (κ3) is 4.44. The van der Waals surface area contributed by atoms with Gasteiger partial charge in [0.2, 0.25) is 0 Å². The van der Waals surface area contributed by atoms with E-state index in [9.17, 15) is 22.0 Å². The molecule has 172 valence electrons. The SMILES string of the molecule is COc1c(Cl)cc2cc1S(=O)(=O)Nc1cc(cc(F)c1F)-c1ccccc1OCCOC2=O. The Hall–Kier alpha value is -3.37. The second-order valence-corrected chi connectivity index (χ2v) is 8.95. The highest BCUT2D eigenvalue weighted by atomic mass is 35.5. The summed E-state index contributed by atoms with van der Waals surface area (Å²) in [6.45, 7) is -0.216. The number of anilines is 1. The number of benzene rings is 3. The van der Waals surface area contributed by atoms with Gasteiger partial charge in [-0.1, -0.05) is 29.8 Å². The standard InChI is InChI=1S/C22H16ClF2NO6S/c1-30-21-15(23)8-13-11-19(21)33(28,29)26-17-10-12(9-16(24)20(17)25)14-4-2-3-5-18(14)31-6-7-32-22(13)27/h2-5,8-11,26H,6-7H2,1H3. The number of methoxy groups -OCH3 is 1. The number of hydrogen-bond acceptors (Lipinski definition) is 6. The second-order valence-electron chi connectivity index (χ2n) is 6.90. The summed E-state index contributed by atoms with van der Waals surface area (Å²) in [4.78, 5) is 11.9. The van der Waals surface area contributed by atoms with E-state index in [0.29, 0.717) is 11.3 Å². The van der Waals surface area contributed by atoms with E-state index >= 15 is 0 Å². The Kier molecular flexibility index (Phi) is 6.13. The van der Waals surface area contributed by atoms with Crippen molar-refractivity contribution in [3.8, 4) is 22.6 Å². The minimum atomic E-state index is -4.59. The van der Waals surface area contributed by atoms with Gasteiger partial charge in [-0.15, -0.1) is 0 Å². The van der Waals surface area contributed by atoms with Gasteiger partial charge in [0, 0.05) is 5.56 Å². The molecule has 0 saturated carbocycles. The summed E-state index contributed by atoms with van der Waals surface area (Å²) in [5.41, 5.74) is -0.301. The quantitative estimate of drug-likeness (QED) is 0.494. The molecule has 7 nitrogen and oxygen atoms in total. The maximum Gasteiger partial charge on any atom is 0.338 e. The number of ether oxygens (including phenoxy) is 3. The van der Waals surface area contributed by atoms with Crippen LogP contribution in [0.25, 0.3) is 11.1 Å². The van der Waals surface area contributed by atoms with Crippen LogP contribution >= 0.6 is 11.6 Å². The Labute approximate surface area is 192 Å². The van der Waals surface area contributed by atoms with Crippen molar-refractivity contribution < 1.29 is 36.2 Å². The van der Waals surface area contributed by atoms with Crippen molar-refractivity contribution in [3.63, 3.8) is 0 Å². The molecule has 0 unspecified atom stereocenters. The Morgan fingerprint density at radius 1 is 1.03 bits per heavy atom. The fraction of sp³-hybridized carbons (Fsp3) is 0.136. The first-order valence-corrected chi connectivity index (χ1v) is 11.4. The van der Waals surface area contributed by atoms with Crippen LogP contribution in [-0.2, 0) is 14.8 Å². The number of nitrogens with one attached hydrogen (secondary N) is 1. The molecule has 11 heteroatoms. The minimum Gasteiger partial charge on any atom is -0.494 e. The highest BCUT2D eigenvalue weighted by molar-refractivity contribution is 7.92. The normalized spacial score (nSPS) is 15.1. The Morgan fingerprint density at radius 2 is 1.76 bits per heavy atom. The van der Waals surface area contributed by atoms with Crippen LogP contribution in [0.5, 0.6) is 11.5 Å². The van der Waals surface area contributed by atoms with Crippen LogP contribution in [0.4, 0.5) is 14.5 Å². The Bertz CT molecular complexity index is 1360. The number of esters is 1. The van der Waals surface area contributed by atoms with Gasteiger partial charge in [-0.3, -0.25) is 4.72 Å². The highest BCUT2D eigenvalue weighted by Gasteiger charge is 2.27. The second kappa shape index (κ2) is 8.87. The zero-order valence-corrected chi connectivity index (χ0v) is 18.6. The molecule has 1 aliphatic heterocycles. The molecule has 3 aromatic carbocycles. The topological polar surface area (TPSA) is 90.9 Å². The molecule has 4 bridgehead atoms. The summed E-state index contributed by atoms with van der Waals surface area (Å²) in [5, 5.41) is -0.194. The Morgan fingerprint density at radius 3 is 2.52 bits per heavy atom. The number of hydrogen-bond donors (Lipinski definition) is 1.